The summed E-state index contributed by atoms with van der Waals surface area (Å²) in [5.41, 5.74) is 0.824. The third kappa shape index (κ3) is 4.51. The van der Waals surface area contributed by atoms with Crippen molar-refractivity contribution in [1.82, 2.24) is 9.97 Å². The van der Waals surface area contributed by atoms with Crippen LogP contribution in [0.3, 0.4) is 0 Å². The van der Waals surface area contributed by atoms with Gasteiger partial charge in [0.1, 0.15) is 0 Å². The number of hydrogen-bond donors (Lipinski definition) is 1. The van der Waals surface area contributed by atoms with Gasteiger partial charge in [-0.05, 0) is 19.9 Å². The Hall–Kier alpha value is -1.49. The summed E-state index contributed by atoms with van der Waals surface area (Å²) in [7, 11) is 0. The van der Waals surface area contributed by atoms with Crippen molar-refractivity contribution in [2.75, 3.05) is 18.5 Å². The summed E-state index contributed by atoms with van der Waals surface area (Å²) in [6, 6.07) is 1.77. The van der Waals surface area contributed by atoms with E-state index in [1.54, 1.807) is 12.3 Å². The Kier molecular flexibility index (Phi) is 4.70. The molecule has 5 heteroatoms. The number of aromatic nitrogens is 2. The van der Waals surface area contributed by atoms with Gasteiger partial charge in [-0.2, -0.15) is 0 Å². The lowest BCUT2D eigenvalue weighted by molar-refractivity contribution is -0.117. The van der Waals surface area contributed by atoms with Crippen LogP contribution in [0, 0.1) is 6.92 Å². The number of carbonyl (C=O) groups is 1. The molecule has 15 heavy (non-hydrogen) atoms. The van der Waals surface area contributed by atoms with Gasteiger partial charge in [-0.1, -0.05) is 0 Å². The number of carbonyl (C=O) groups excluding carboxylic acids is 1. The zero-order valence-corrected chi connectivity index (χ0v) is 8.99. The van der Waals surface area contributed by atoms with E-state index < -0.39 is 0 Å². The molecule has 82 valence electrons. The molecule has 0 radical (unpaired) electrons. The lowest BCUT2D eigenvalue weighted by Crippen LogP contribution is -2.16. The fourth-order valence-electron chi connectivity index (χ4n) is 1.01. The SMILES string of the molecule is CCOCCC(=O)Nc1nccc(C)n1. The molecule has 1 rings (SSSR count). The van der Waals surface area contributed by atoms with Crippen LogP contribution in [0.25, 0.3) is 0 Å². The standard InChI is InChI=1S/C10H15N3O2/c1-3-15-7-5-9(14)13-10-11-6-4-8(2)12-10/h4,6H,3,5,7H2,1-2H3,(H,11,12,13,14). The number of anilines is 1. The smallest absolute Gasteiger partial charge is 0.229 e. The summed E-state index contributed by atoms with van der Waals surface area (Å²) < 4.78 is 5.06. The topological polar surface area (TPSA) is 64.1 Å². The van der Waals surface area contributed by atoms with E-state index in [1.807, 2.05) is 13.8 Å². The normalized spacial score (nSPS) is 10.0. The van der Waals surface area contributed by atoms with Crippen LogP contribution in [0.4, 0.5) is 5.95 Å². The third-order valence-corrected chi connectivity index (χ3v) is 1.72. The fourth-order valence-corrected chi connectivity index (χ4v) is 1.01. The predicted molar refractivity (Wildman–Crippen MR) is 56.5 cm³/mol. The maximum Gasteiger partial charge on any atom is 0.229 e. The average Bonchev–Trinajstić information content (AvgIpc) is 2.18. The van der Waals surface area contributed by atoms with Gasteiger partial charge in [-0.3, -0.25) is 10.1 Å². The molecule has 1 amide bonds. The van der Waals surface area contributed by atoms with E-state index >= 15 is 0 Å². The van der Waals surface area contributed by atoms with Crippen LogP contribution in [0.2, 0.25) is 0 Å². The number of ether oxygens (including phenoxy) is 1. The fraction of sp³-hybridized carbons (Fsp3) is 0.500. The summed E-state index contributed by atoms with van der Waals surface area (Å²) >= 11 is 0. The van der Waals surface area contributed by atoms with Crippen molar-refractivity contribution in [3.63, 3.8) is 0 Å². The first-order chi connectivity index (χ1) is 7.22. The first kappa shape index (κ1) is 11.6. The summed E-state index contributed by atoms with van der Waals surface area (Å²) in [4.78, 5) is 19.3. The summed E-state index contributed by atoms with van der Waals surface area (Å²) in [6.07, 6.45) is 1.94. The van der Waals surface area contributed by atoms with E-state index in [-0.39, 0.29) is 5.91 Å². The predicted octanol–water partition coefficient (Wildman–Crippen LogP) is 1.15. The Balaban J connectivity index is 2.37. The monoisotopic (exact) mass is 209 g/mol. The second-order valence-corrected chi connectivity index (χ2v) is 3.02. The van der Waals surface area contributed by atoms with E-state index in [9.17, 15) is 4.79 Å². The van der Waals surface area contributed by atoms with E-state index in [0.717, 1.165) is 5.69 Å². The van der Waals surface area contributed by atoms with Crippen molar-refractivity contribution in [3.8, 4) is 0 Å². The molecule has 0 spiro atoms. The Morgan fingerprint density at radius 2 is 2.40 bits per heavy atom. The number of rotatable bonds is 5. The molecule has 1 aromatic heterocycles. The average molecular weight is 209 g/mol. The number of nitrogens with one attached hydrogen (secondary N) is 1. The van der Waals surface area contributed by atoms with E-state index in [2.05, 4.69) is 15.3 Å². The van der Waals surface area contributed by atoms with Crippen LogP contribution >= 0.6 is 0 Å². The van der Waals surface area contributed by atoms with Crippen LogP contribution in [0.1, 0.15) is 19.0 Å². The Morgan fingerprint density at radius 3 is 3.07 bits per heavy atom. The van der Waals surface area contributed by atoms with Crippen molar-refractivity contribution in [2.45, 2.75) is 20.3 Å². The van der Waals surface area contributed by atoms with E-state index in [4.69, 9.17) is 4.74 Å². The van der Waals surface area contributed by atoms with E-state index in [1.165, 1.54) is 0 Å². The molecule has 0 atom stereocenters. The number of aryl methyl sites for hydroxylation is 1. The van der Waals surface area contributed by atoms with Gasteiger partial charge >= 0.3 is 0 Å². The lowest BCUT2D eigenvalue weighted by atomic mass is 10.4. The van der Waals surface area contributed by atoms with Gasteiger partial charge < -0.3 is 4.74 Å². The molecular formula is C10H15N3O2. The van der Waals surface area contributed by atoms with E-state index in [0.29, 0.717) is 25.6 Å². The number of nitrogens with zero attached hydrogens (tertiary/aromatic N) is 2. The molecule has 5 nitrogen and oxygen atoms in total. The molecule has 1 aromatic rings. The van der Waals surface area contributed by atoms with Gasteiger partial charge in [-0.15, -0.1) is 0 Å². The summed E-state index contributed by atoms with van der Waals surface area (Å²) in [5, 5.41) is 2.60. The first-order valence-electron chi connectivity index (χ1n) is 4.89. The zero-order valence-electron chi connectivity index (χ0n) is 8.99. The van der Waals surface area contributed by atoms with Crippen LogP contribution < -0.4 is 5.32 Å². The van der Waals surface area contributed by atoms with Crippen LogP contribution in [0.15, 0.2) is 12.3 Å². The van der Waals surface area contributed by atoms with Crippen molar-refractivity contribution in [1.29, 1.82) is 0 Å². The molecule has 1 N–H and O–H groups in total. The highest BCUT2D eigenvalue weighted by Crippen LogP contribution is 1.99. The minimum Gasteiger partial charge on any atom is -0.381 e. The summed E-state index contributed by atoms with van der Waals surface area (Å²) in [5.74, 6) is 0.213. The Morgan fingerprint density at radius 1 is 1.60 bits per heavy atom. The highest BCUT2D eigenvalue weighted by molar-refractivity contribution is 5.88. The quantitative estimate of drug-likeness (QED) is 0.739. The molecule has 0 unspecified atom stereocenters. The minimum absolute atomic E-state index is 0.131. The second kappa shape index (κ2) is 6.08. The van der Waals surface area contributed by atoms with Crippen molar-refractivity contribution in [3.05, 3.63) is 18.0 Å². The summed E-state index contributed by atoms with van der Waals surface area (Å²) in [6.45, 7) is 4.78. The minimum atomic E-state index is -0.131. The lowest BCUT2D eigenvalue weighted by Gasteiger charge is -2.03. The Bertz CT molecular complexity index is 328. The highest BCUT2D eigenvalue weighted by Gasteiger charge is 2.03. The zero-order chi connectivity index (χ0) is 11.1. The maximum absolute atomic E-state index is 11.3. The van der Waals surface area contributed by atoms with Gasteiger partial charge in [0.25, 0.3) is 0 Å². The number of hydrogen-bond acceptors (Lipinski definition) is 4. The van der Waals surface area contributed by atoms with Gasteiger partial charge in [0, 0.05) is 18.5 Å². The molecule has 0 aliphatic rings. The molecule has 0 saturated heterocycles. The van der Waals surface area contributed by atoms with Gasteiger partial charge in [0.15, 0.2) is 0 Å². The molecular weight excluding hydrogens is 194 g/mol. The van der Waals surface area contributed by atoms with Crippen LogP contribution in [0.5, 0.6) is 0 Å². The van der Waals surface area contributed by atoms with Crippen LogP contribution in [-0.2, 0) is 9.53 Å². The first-order valence-corrected chi connectivity index (χ1v) is 4.89. The molecule has 0 bridgehead atoms. The molecule has 1 heterocycles. The number of amides is 1. The van der Waals surface area contributed by atoms with Crippen molar-refractivity contribution >= 4 is 11.9 Å². The molecule has 0 aromatic carbocycles. The second-order valence-electron chi connectivity index (χ2n) is 3.02. The van der Waals surface area contributed by atoms with Gasteiger partial charge in [0.05, 0.1) is 13.0 Å². The third-order valence-electron chi connectivity index (χ3n) is 1.72. The van der Waals surface area contributed by atoms with Crippen molar-refractivity contribution in [2.24, 2.45) is 0 Å². The molecule has 0 fully saturated rings. The largest absolute Gasteiger partial charge is 0.381 e. The molecule has 0 aliphatic carbocycles. The maximum atomic E-state index is 11.3. The van der Waals surface area contributed by atoms with Crippen LogP contribution in [-0.4, -0.2) is 29.1 Å². The highest BCUT2D eigenvalue weighted by atomic mass is 16.5. The molecule has 0 saturated carbocycles. The van der Waals surface area contributed by atoms with Gasteiger partial charge in [-0.25, -0.2) is 9.97 Å². The van der Waals surface area contributed by atoms with Crippen molar-refractivity contribution < 1.29 is 9.53 Å². The molecule has 0 aliphatic heterocycles. The Labute approximate surface area is 88.9 Å². The van der Waals surface area contributed by atoms with Gasteiger partial charge in [0.2, 0.25) is 11.9 Å².